The Morgan fingerprint density at radius 1 is 0.967 bits per heavy atom. The van der Waals surface area contributed by atoms with Gasteiger partial charge in [0.15, 0.2) is 0 Å². The van der Waals surface area contributed by atoms with Gasteiger partial charge in [0, 0.05) is 56.3 Å². The van der Waals surface area contributed by atoms with Crippen LogP contribution in [-0.2, 0) is 14.3 Å². The Balaban J connectivity index is 1.59. The maximum atomic E-state index is 13.7. The number of likely N-dealkylation sites (tertiary alicyclic amines) is 2. The number of nitrogens with zero attached hydrogens (tertiary/aromatic N) is 3. The maximum absolute atomic E-state index is 13.7. The van der Waals surface area contributed by atoms with E-state index in [1.54, 1.807) is 31.2 Å². The Labute approximate surface area is 181 Å². The number of fused-ring (bicyclic) bond motifs is 1. The van der Waals surface area contributed by atoms with Gasteiger partial charge in [-0.15, -0.1) is 0 Å². The molecule has 0 bridgehead atoms. The van der Waals surface area contributed by atoms with Crippen LogP contribution in [0.5, 0.6) is 0 Å². The molecular weight excluding hydrogens is 406 g/mol. The van der Waals surface area contributed by atoms with Crippen molar-refractivity contribution in [2.75, 3.05) is 45.9 Å². The van der Waals surface area contributed by atoms with E-state index >= 15 is 0 Å². The Bertz CT molecular complexity index is 824. The van der Waals surface area contributed by atoms with Gasteiger partial charge in [-0.1, -0.05) is 11.6 Å². The van der Waals surface area contributed by atoms with E-state index in [1.807, 2.05) is 14.7 Å². The van der Waals surface area contributed by atoms with E-state index in [0.717, 1.165) is 0 Å². The second-order valence-corrected chi connectivity index (χ2v) is 8.81. The first kappa shape index (κ1) is 21.1. The van der Waals surface area contributed by atoms with Crippen molar-refractivity contribution >= 4 is 29.3 Å². The number of morpholine rings is 1. The van der Waals surface area contributed by atoms with Crippen LogP contribution < -0.4 is 0 Å². The Kier molecular flexibility index (Phi) is 6.02. The third kappa shape index (κ3) is 3.81. The van der Waals surface area contributed by atoms with Crippen molar-refractivity contribution < 1.29 is 19.1 Å². The standard InChI is InChI=1S/C22H28ClN3O4/c1-16(27)26-11-8-22(21(29)25-12-14-30-15-13-25)7-10-24(9-6-19(22)26)20(28)17-2-4-18(23)5-3-17/h2-5,19H,6-15H2,1H3/t19-,22+/m0/s1. The molecule has 1 aromatic rings. The minimum Gasteiger partial charge on any atom is -0.378 e. The molecule has 3 aliphatic heterocycles. The SMILES string of the molecule is CC(=O)N1CC[C@]2(C(=O)N3CCOCC3)CCN(C(=O)c3ccc(Cl)cc3)CC[C@H]12. The summed E-state index contributed by atoms with van der Waals surface area (Å²) in [5.74, 6) is 0.0458. The van der Waals surface area contributed by atoms with E-state index in [-0.39, 0.29) is 23.8 Å². The first-order valence-electron chi connectivity index (χ1n) is 10.6. The minimum absolute atomic E-state index is 0.00543. The fourth-order valence-electron chi connectivity index (χ4n) is 5.18. The first-order valence-corrected chi connectivity index (χ1v) is 11.0. The zero-order chi connectivity index (χ0) is 21.3. The molecule has 0 spiro atoms. The molecule has 30 heavy (non-hydrogen) atoms. The number of hydrogen-bond acceptors (Lipinski definition) is 4. The van der Waals surface area contributed by atoms with Gasteiger partial charge in [0.1, 0.15) is 0 Å². The average Bonchev–Trinajstić information content (AvgIpc) is 3.03. The lowest BCUT2D eigenvalue weighted by atomic mass is 9.75. The van der Waals surface area contributed by atoms with Gasteiger partial charge in [-0.25, -0.2) is 0 Å². The van der Waals surface area contributed by atoms with Crippen LogP contribution in [0.2, 0.25) is 5.02 Å². The topological polar surface area (TPSA) is 70.2 Å². The zero-order valence-corrected chi connectivity index (χ0v) is 18.1. The lowest BCUT2D eigenvalue weighted by Gasteiger charge is -2.40. The molecule has 1 aromatic carbocycles. The molecule has 0 radical (unpaired) electrons. The normalized spacial score (nSPS) is 26.9. The lowest BCUT2D eigenvalue weighted by Crippen LogP contribution is -2.54. The number of amides is 3. The summed E-state index contributed by atoms with van der Waals surface area (Å²) in [6.45, 7) is 5.45. The van der Waals surface area contributed by atoms with Gasteiger partial charge in [-0.05, 0) is 43.5 Å². The van der Waals surface area contributed by atoms with Gasteiger partial charge in [0.05, 0.1) is 18.6 Å². The van der Waals surface area contributed by atoms with E-state index in [4.69, 9.17) is 16.3 Å². The van der Waals surface area contributed by atoms with Crippen molar-refractivity contribution in [1.82, 2.24) is 14.7 Å². The molecule has 7 nitrogen and oxygen atoms in total. The van der Waals surface area contributed by atoms with Crippen molar-refractivity contribution in [3.05, 3.63) is 34.9 Å². The van der Waals surface area contributed by atoms with Gasteiger partial charge < -0.3 is 19.4 Å². The highest BCUT2D eigenvalue weighted by Gasteiger charge is 2.55. The quantitative estimate of drug-likeness (QED) is 0.715. The number of carbonyl (C=O) groups excluding carboxylic acids is 3. The van der Waals surface area contributed by atoms with Crippen molar-refractivity contribution in [1.29, 1.82) is 0 Å². The summed E-state index contributed by atoms with van der Waals surface area (Å²) < 4.78 is 5.42. The third-order valence-corrected chi connectivity index (χ3v) is 7.07. The number of halogens is 1. The minimum atomic E-state index is -0.627. The molecule has 0 aromatic heterocycles. The number of rotatable bonds is 2. The Hall–Kier alpha value is -2.12. The molecule has 0 saturated carbocycles. The van der Waals surface area contributed by atoms with Gasteiger partial charge >= 0.3 is 0 Å². The van der Waals surface area contributed by atoms with E-state index in [1.165, 1.54) is 0 Å². The lowest BCUT2D eigenvalue weighted by molar-refractivity contribution is -0.149. The second kappa shape index (κ2) is 8.55. The van der Waals surface area contributed by atoms with Crippen LogP contribution in [0.4, 0.5) is 0 Å². The summed E-state index contributed by atoms with van der Waals surface area (Å²) >= 11 is 5.95. The van der Waals surface area contributed by atoms with E-state index in [9.17, 15) is 14.4 Å². The van der Waals surface area contributed by atoms with Crippen LogP contribution in [0.3, 0.4) is 0 Å². The molecule has 8 heteroatoms. The monoisotopic (exact) mass is 433 g/mol. The highest BCUT2D eigenvalue weighted by molar-refractivity contribution is 6.30. The summed E-state index contributed by atoms with van der Waals surface area (Å²) in [6.07, 6.45) is 1.82. The van der Waals surface area contributed by atoms with Crippen LogP contribution >= 0.6 is 11.6 Å². The highest BCUT2D eigenvalue weighted by atomic mass is 35.5. The van der Waals surface area contributed by atoms with E-state index in [2.05, 4.69) is 0 Å². The number of ether oxygens (including phenoxy) is 1. The van der Waals surface area contributed by atoms with Crippen molar-refractivity contribution in [3.8, 4) is 0 Å². The molecular formula is C22H28ClN3O4. The molecule has 4 rings (SSSR count). The zero-order valence-electron chi connectivity index (χ0n) is 17.3. The largest absolute Gasteiger partial charge is 0.378 e. The van der Waals surface area contributed by atoms with E-state index in [0.29, 0.717) is 75.8 Å². The highest BCUT2D eigenvalue weighted by Crippen LogP contribution is 2.45. The van der Waals surface area contributed by atoms with Crippen molar-refractivity contribution in [2.24, 2.45) is 5.41 Å². The molecule has 3 amide bonds. The predicted molar refractivity (Wildman–Crippen MR) is 112 cm³/mol. The Morgan fingerprint density at radius 3 is 2.30 bits per heavy atom. The van der Waals surface area contributed by atoms with Crippen LogP contribution in [0.1, 0.15) is 36.5 Å². The summed E-state index contributed by atoms with van der Waals surface area (Å²) in [6, 6.07) is 6.71. The van der Waals surface area contributed by atoms with Crippen molar-refractivity contribution in [3.63, 3.8) is 0 Å². The van der Waals surface area contributed by atoms with Crippen molar-refractivity contribution in [2.45, 2.75) is 32.2 Å². The molecule has 162 valence electrons. The number of benzene rings is 1. The maximum Gasteiger partial charge on any atom is 0.253 e. The smallest absolute Gasteiger partial charge is 0.253 e. The molecule has 3 saturated heterocycles. The summed E-state index contributed by atoms with van der Waals surface area (Å²) in [5, 5.41) is 0.587. The summed E-state index contributed by atoms with van der Waals surface area (Å²) in [4.78, 5) is 44.6. The molecule has 0 aliphatic carbocycles. The number of carbonyl (C=O) groups is 3. The predicted octanol–water partition coefficient (Wildman–Crippen LogP) is 2.04. The number of hydrogen-bond donors (Lipinski definition) is 0. The van der Waals surface area contributed by atoms with Crippen LogP contribution in [0, 0.1) is 5.41 Å². The Morgan fingerprint density at radius 2 is 1.63 bits per heavy atom. The van der Waals surface area contributed by atoms with Gasteiger partial charge in [-0.2, -0.15) is 0 Å². The second-order valence-electron chi connectivity index (χ2n) is 8.38. The molecule has 3 heterocycles. The molecule has 3 aliphatic rings. The molecule has 2 atom stereocenters. The average molecular weight is 434 g/mol. The summed E-state index contributed by atoms with van der Waals surface area (Å²) in [7, 11) is 0. The summed E-state index contributed by atoms with van der Waals surface area (Å²) in [5.41, 5.74) is -0.0404. The fourth-order valence-corrected chi connectivity index (χ4v) is 5.31. The third-order valence-electron chi connectivity index (χ3n) is 6.82. The van der Waals surface area contributed by atoms with Gasteiger partial charge in [-0.3, -0.25) is 14.4 Å². The van der Waals surface area contributed by atoms with Crippen LogP contribution in [-0.4, -0.2) is 84.4 Å². The molecule has 0 N–H and O–H groups in total. The van der Waals surface area contributed by atoms with Gasteiger partial charge in [0.2, 0.25) is 11.8 Å². The first-order chi connectivity index (χ1) is 14.4. The molecule has 3 fully saturated rings. The van der Waals surface area contributed by atoms with Crippen LogP contribution in [0.15, 0.2) is 24.3 Å². The van der Waals surface area contributed by atoms with E-state index < -0.39 is 5.41 Å². The van der Waals surface area contributed by atoms with Crippen LogP contribution in [0.25, 0.3) is 0 Å². The fraction of sp³-hybridized carbons (Fsp3) is 0.591. The molecule has 0 unspecified atom stereocenters. The van der Waals surface area contributed by atoms with Gasteiger partial charge in [0.25, 0.3) is 5.91 Å².